The standard InChI is InChI=1S/C24H22BrN3O6/c25-16-5-6-19-18(14-16)22(29)20-21(15-3-1-4-17(13-15)28(31)32)27(24(30)23(20)34-19)8-2-7-26-9-11-33-12-10-26/h1,3-6,13-14,21H,2,7-12H2. The highest BCUT2D eigenvalue weighted by Gasteiger charge is 2.42. The maximum atomic E-state index is 13.6. The van der Waals surface area contributed by atoms with Gasteiger partial charge in [0.2, 0.25) is 5.76 Å². The summed E-state index contributed by atoms with van der Waals surface area (Å²) in [5.74, 6) is -0.377. The second-order valence-electron chi connectivity index (χ2n) is 8.38. The van der Waals surface area contributed by atoms with Gasteiger partial charge in [-0.1, -0.05) is 28.1 Å². The van der Waals surface area contributed by atoms with Crippen LogP contribution >= 0.6 is 15.9 Å². The van der Waals surface area contributed by atoms with Gasteiger partial charge in [0.25, 0.3) is 11.6 Å². The molecule has 0 N–H and O–H groups in total. The minimum atomic E-state index is -0.758. The summed E-state index contributed by atoms with van der Waals surface area (Å²) in [4.78, 5) is 41.8. The van der Waals surface area contributed by atoms with Gasteiger partial charge in [0, 0.05) is 42.8 Å². The van der Waals surface area contributed by atoms with Gasteiger partial charge in [0.15, 0.2) is 5.43 Å². The molecule has 0 spiro atoms. The highest BCUT2D eigenvalue weighted by Crippen LogP contribution is 2.39. The molecule has 0 radical (unpaired) electrons. The molecule has 1 atom stereocenters. The molecule has 1 unspecified atom stereocenters. The number of amides is 1. The van der Waals surface area contributed by atoms with Crippen molar-refractivity contribution in [1.82, 2.24) is 9.80 Å². The summed E-state index contributed by atoms with van der Waals surface area (Å²) in [5, 5.41) is 11.8. The molecule has 3 aromatic rings. The van der Waals surface area contributed by atoms with Crippen LogP contribution in [0.2, 0.25) is 0 Å². The molecule has 0 bridgehead atoms. The van der Waals surface area contributed by atoms with Crippen molar-refractivity contribution >= 4 is 38.5 Å². The number of rotatable bonds is 6. The predicted molar refractivity (Wildman–Crippen MR) is 128 cm³/mol. The number of nitrogens with zero attached hydrogens (tertiary/aromatic N) is 3. The van der Waals surface area contributed by atoms with Crippen LogP contribution in [-0.4, -0.2) is 60.0 Å². The SMILES string of the molecule is O=C1c2oc3ccc(Br)cc3c(=O)c2C(c2cccc([N+](=O)[O-])c2)N1CCCN1CCOCC1. The van der Waals surface area contributed by atoms with E-state index in [1.807, 2.05) is 0 Å². The number of carbonyl (C=O) groups excluding carboxylic acids is 1. The van der Waals surface area contributed by atoms with E-state index in [9.17, 15) is 19.7 Å². The molecule has 5 rings (SSSR count). The second kappa shape index (κ2) is 9.28. The number of halogens is 1. The zero-order valence-electron chi connectivity index (χ0n) is 18.2. The third-order valence-electron chi connectivity index (χ3n) is 6.30. The lowest BCUT2D eigenvalue weighted by Crippen LogP contribution is -2.38. The van der Waals surface area contributed by atoms with E-state index in [-0.39, 0.29) is 28.3 Å². The van der Waals surface area contributed by atoms with Crippen molar-refractivity contribution in [2.75, 3.05) is 39.4 Å². The Hall–Kier alpha value is -3.08. The van der Waals surface area contributed by atoms with Crippen molar-refractivity contribution < 1.29 is 18.9 Å². The van der Waals surface area contributed by atoms with E-state index < -0.39 is 11.0 Å². The van der Waals surface area contributed by atoms with Crippen LogP contribution in [-0.2, 0) is 4.74 Å². The molecule has 1 aromatic heterocycles. The Labute approximate surface area is 203 Å². The summed E-state index contributed by atoms with van der Waals surface area (Å²) >= 11 is 3.38. The van der Waals surface area contributed by atoms with Crippen LogP contribution in [0.15, 0.2) is 56.1 Å². The summed E-state index contributed by atoms with van der Waals surface area (Å²) in [6, 6.07) is 10.4. The molecule has 34 heavy (non-hydrogen) atoms. The van der Waals surface area contributed by atoms with Crippen molar-refractivity contribution in [2.24, 2.45) is 0 Å². The third kappa shape index (κ3) is 4.13. The van der Waals surface area contributed by atoms with Gasteiger partial charge in [0.05, 0.1) is 35.1 Å². The average Bonchev–Trinajstić information content (AvgIpc) is 3.12. The van der Waals surface area contributed by atoms with E-state index in [0.29, 0.717) is 47.2 Å². The van der Waals surface area contributed by atoms with Gasteiger partial charge in [0.1, 0.15) is 5.58 Å². The summed E-state index contributed by atoms with van der Waals surface area (Å²) in [5.41, 5.74) is 0.655. The van der Waals surface area contributed by atoms with E-state index >= 15 is 0 Å². The molecule has 1 fully saturated rings. The molecule has 2 aliphatic heterocycles. The Morgan fingerprint density at radius 3 is 2.65 bits per heavy atom. The first-order valence-corrected chi connectivity index (χ1v) is 11.8. The van der Waals surface area contributed by atoms with E-state index in [4.69, 9.17) is 9.15 Å². The fourth-order valence-corrected chi connectivity index (χ4v) is 5.03. The Balaban J connectivity index is 1.56. The number of nitro groups is 1. The summed E-state index contributed by atoms with van der Waals surface area (Å²) in [7, 11) is 0. The highest BCUT2D eigenvalue weighted by atomic mass is 79.9. The molecule has 3 heterocycles. The van der Waals surface area contributed by atoms with Crippen molar-refractivity contribution in [3.05, 3.63) is 84.2 Å². The fraction of sp³-hybridized carbons (Fsp3) is 0.333. The zero-order valence-corrected chi connectivity index (χ0v) is 19.8. The first-order chi connectivity index (χ1) is 16.4. The number of nitro benzene ring substituents is 1. The molecule has 1 saturated heterocycles. The predicted octanol–water partition coefficient (Wildman–Crippen LogP) is 3.73. The molecule has 0 saturated carbocycles. The molecule has 2 aliphatic rings. The van der Waals surface area contributed by atoms with E-state index in [0.717, 1.165) is 19.6 Å². The lowest BCUT2D eigenvalue weighted by molar-refractivity contribution is -0.384. The van der Waals surface area contributed by atoms with E-state index in [1.165, 1.54) is 12.1 Å². The maximum Gasteiger partial charge on any atom is 0.290 e. The minimum absolute atomic E-state index is 0.00250. The molecular weight excluding hydrogens is 506 g/mol. The zero-order chi connectivity index (χ0) is 23.8. The van der Waals surface area contributed by atoms with Crippen LogP contribution in [0, 0.1) is 10.1 Å². The van der Waals surface area contributed by atoms with Crippen LogP contribution in [0.4, 0.5) is 5.69 Å². The smallest absolute Gasteiger partial charge is 0.290 e. The van der Waals surface area contributed by atoms with Gasteiger partial charge in [-0.25, -0.2) is 0 Å². The number of fused-ring (bicyclic) bond motifs is 2. The summed E-state index contributed by atoms with van der Waals surface area (Å²) < 4.78 is 12.0. The lowest BCUT2D eigenvalue weighted by Gasteiger charge is -2.29. The lowest BCUT2D eigenvalue weighted by atomic mass is 9.98. The van der Waals surface area contributed by atoms with E-state index in [1.54, 1.807) is 35.2 Å². The molecule has 176 valence electrons. The number of hydrogen-bond acceptors (Lipinski definition) is 7. The van der Waals surface area contributed by atoms with Gasteiger partial charge < -0.3 is 14.1 Å². The van der Waals surface area contributed by atoms with Gasteiger partial charge in [-0.2, -0.15) is 0 Å². The largest absolute Gasteiger partial charge is 0.450 e. The van der Waals surface area contributed by atoms with Crippen molar-refractivity contribution in [3.8, 4) is 0 Å². The fourth-order valence-electron chi connectivity index (χ4n) is 4.67. The Morgan fingerprint density at radius 1 is 1.09 bits per heavy atom. The minimum Gasteiger partial charge on any atom is -0.450 e. The number of ether oxygens (including phenoxy) is 1. The van der Waals surface area contributed by atoms with Gasteiger partial charge in [-0.3, -0.25) is 24.6 Å². The molecule has 2 aromatic carbocycles. The van der Waals surface area contributed by atoms with Crippen molar-refractivity contribution in [1.29, 1.82) is 0 Å². The molecular formula is C24H22BrN3O6. The number of hydrogen-bond donors (Lipinski definition) is 0. The van der Waals surface area contributed by atoms with Gasteiger partial charge in [-0.05, 0) is 30.2 Å². The van der Waals surface area contributed by atoms with Crippen molar-refractivity contribution in [3.63, 3.8) is 0 Å². The number of carbonyl (C=O) groups is 1. The normalized spacial score (nSPS) is 18.4. The molecule has 10 heteroatoms. The Kier molecular flexibility index (Phi) is 6.20. The molecule has 9 nitrogen and oxygen atoms in total. The number of benzene rings is 2. The highest BCUT2D eigenvalue weighted by molar-refractivity contribution is 9.10. The first-order valence-electron chi connectivity index (χ1n) is 11.1. The monoisotopic (exact) mass is 527 g/mol. The van der Waals surface area contributed by atoms with Crippen LogP contribution in [0.1, 0.15) is 34.1 Å². The second-order valence-corrected chi connectivity index (χ2v) is 9.29. The third-order valence-corrected chi connectivity index (χ3v) is 6.79. The summed E-state index contributed by atoms with van der Waals surface area (Å²) in [6.45, 7) is 4.20. The maximum absolute atomic E-state index is 13.6. The topological polar surface area (TPSA) is 106 Å². The van der Waals surface area contributed by atoms with E-state index in [2.05, 4.69) is 20.8 Å². The first kappa shape index (κ1) is 22.7. The molecule has 0 aliphatic carbocycles. The molecule has 1 amide bonds. The van der Waals surface area contributed by atoms with Crippen LogP contribution < -0.4 is 5.43 Å². The number of morpholine rings is 1. The van der Waals surface area contributed by atoms with Crippen LogP contribution in [0.25, 0.3) is 11.0 Å². The Morgan fingerprint density at radius 2 is 1.88 bits per heavy atom. The van der Waals surface area contributed by atoms with Crippen LogP contribution in [0.5, 0.6) is 0 Å². The number of non-ortho nitro benzene ring substituents is 1. The van der Waals surface area contributed by atoms with Crippen molar-refractivity contribution in [2.45, 2.75) is 12.5 Å². The average molecular weight is 528 g/mol. The Bertz CT molecular complexity index is 1330. The van der Waals surface area contributed by atoms with Gasteiger partial charge >= 0.3 is 0 Å². The van der Waals surface area contributed by atoms with Gasteiger partial charge in [-0.15, -0.1) is 0 Å². The summed E-state index contributed by atoms with van der Waals surface area (Å²) in [6.07, 6.45) is 0.685. The quantitative estimate of drug-likeness (QED) is 0.355. The van der Waals surface area contributed by atoms with Crippen LogP contribution in [0.3, 0.4) is 0 Å².